The molecule has 106 valence electrons. The Bertz CT molecular complexity index is 407. The Morgan fingerprint density at radius 2 is 2.26 bits per heavy atom. The average molecular weight is 325 g/mol. The summed E-state index contributed by atoms with van der Waals surface area (Å²) in [6, 6.07) is 10.5. The minimum absolute atomic E-state index is 0.495. The quantitative estimate of drug-likeness (QED) is 0.901. The van der Waals surface area contributed by atoms with Gasteiger partial charge in [-0.3, -0.25) is 4.90 Å². The van der Waals surface area contributed by atoms with Gasteiger partial charge in [0.1, 0.15) is 0 Å². The van der Waals surface area contributed by atoms with Gasteiger partial charge < -0.3 is 5.32 Å². The van der Waals surface area contributed by atoms with Gasteiger partial charge in [-0.2, -0.15) is 0 Å². The highest BCUT2D eigenvalue weighted by Gasteiger charge is 2.28. The minimum Gasteiger partial charge on any atom is -0.314 e. The third-order valence-electron chi connectivity index (χ3n) is 4.25. The molecule has 2 nitrogen and oxygen atoms in total. The molecule has 1 aromatic carbocycles. The van der Waals surface area contributed by atoms with Crippen molar-refractivity contribution in [2.45, 2.75) is 51.7 Å². The molecule has 1 heterocycles. The first-order valence-electron chi connectivity index (χ1n) is 7.36. The van der Waals surface area contributed by atoms with Gasteiger partial charge in [-0.25, -0.2) is 0 Å². The van der Waals surface area contributed by atoms with Crippen molar-refractivity contribution in [2.24, 2.45) is 0 Å². The zero-order valence-electron chi connectivity index (χ0n) is 12.2. The van der Waals surface area contributed by atoms with Gasteiger partial charge in [0.25, 0.3) is 0 Å². The lowest BCUT2D eigenvalue weighted by Gasteiger charge is -2.41. The lowest BCUT2D eigenvalue weighted by Crippen LogP contribution is -2.48. The summed E-state index contributed by atoms with van der Waals surface area (Å²) in [7, 11) is 0. The molecule has 0 bridgehead atoms. The number of likely N-dealkylation sites (tertiary alicyclic amines) is 1. The van der Waals surface area contributed by atoms with Crippen LogP contribution < -0.4 is 5.32 Å². The van der Waals surface area contributed by atoms with Crippen molar-refractivity contribution in [3.05, 3.63) is 34.3 Å². The van der Waals surface area contributed by atoms with E-state index in [1.807, 2.05) is 0 Å². The second kappa shape index (κ2) is 6.87. The Balaban J connectivity index is 2.02. The second-order valence-corrected chi connectivity index (χ2v) is 6.51. The summed E-state index contributed by atoms with van der Waals surface area (Å²) in [4.78, 5) is 2.63. The minimum atomic E-state index is 0.495. The summed E-state index contributed by atoms with van der Waals surface area (Å²) in [6.45, 7) is 9.15. The van der Waals surface area contributed by atoms with Crippen LogP contribution in [0, 0.1) is 0 Å². The molecule has 3 unspecified atom stereocenters. The Morgan fingerprint density at radius 1 is 1.47 bits per heavy atom. The van der Waals surface area contributed by atoms with Crippen LogP contribution in [0.2, 0.25) is 0 Å². The van der Waals surface area contributed by atoms with Gasteiger partial charge >= 0.3 is 0 Å². The molecule has 3 atom stereocenters. The van der Waals surface area contributed by atoms with Crippen LogP contribution in [0.15, 0.2) is 28.7 Å². The summed E-state index contributed by atoms with van der Waals surface area (Å²) in [5.41, 5.74) is 1.41. The smallest absolute Gasteiger partial charge is 0.0323 e. The van der Waals surface area contributed by atoms with Crippen molar-refractivity contribution in [1.29, 1.82) is 0 Å². The molecule has 0 aliphatic carbocycles. The summed E-state index contributed by atoms with van der Waals surface area (Å²) in [5.74, 6) is 0. The zero-order valence-corrected chi connectivity index (χ0v) is 13.8. The number of hydrogen-bond donors (Lipinski definition) is 1. The molecular formula is C16H25BrN2. The van der Waals surface area contributed by atoms with E-state index < -0.39 is 0 Å². The highest BCUT2D eigenvalue weighted by atomic mass is 79.9. The largest absolute Gasteiger partial charge is 0.314 e. The van der Waals surface area contributed by atoms with Crippen LogP contribution in [0.4, 0.5) is 0 Å². The van der Waals surface area contributed by atoms with Crippen LogP contribution in [0.25, 0.3) is 0 Å². The number of benzene rings is 1. The second-order valence-electron chi connectivity index (χ2n) is 5.60. The van der Waals surface area contributed by atoms with Crippen molar-refractivity contribution in [2.75, 3.05) is 13.1 Å². The first kappa shape index (κ1) is 15.0. The van der Waals surface area contributed by atoms with Crippen molar-refractivity contribution in [3.63, 3.8) is 0 Å². The Morgan fingerprint density at radius 3 is 2.89 bits per heavy atom. The maximum Gasteiger partial charge on any atom is 0.0323 e. The van der Waals surface area contributed by atoms with E-state index in [9.17, 15) is 0 Å². The maximum atomic E-state index is 3.59. The third-order valence-corrected chi connectivity index (χ3v) is 4.74. The molecule has 0 aromatic heterocycles. The van der Waals surface area contributed by atoms with Crippen LogP contribution in [0.3, 0.4) is 0 Å². The summed E-state index contributed by atoms with van der Waals surface area (Å²) >= 11 is 3.57. The van der Waals surface area contributed by atoms with Crippen molar-refractivity contribution in [1.82, 2.24) is 10.2 Å². The number of piperidine rings is 1. The lowest BCUT2D eigenvalue weighted by atomic mass is 9.94. The number of rotatable bonds is 4. The van der Waals surface area contributed by atoms with E-state index in [0.717, 1.165) is 6.54 Å². The number of nitrogens with zero attached hydrogens (tertiary/aromatic N) is 1. The van der Waals surface area contributed by atoms with Crippen molar-refractivity contribution in [3.8, 4) is 0 Å². The summed E-state index contributed by atoms with van der Waals surface area (Å²) in [6.07, 6.45) is 2.52. The molecule has 1 aliphatic rings. The molecule has 0 amide bonds. The van der Waals surface area contributed by atoms with E-state index in [0.29, 0.717) is 18.1 Å². The molecule has 3 heteroatoms. The standard InChI is InChI=1S/C16H25BrN2/c1-4-18-16-8-9-19(12(2)10-16)13(3)14-6-5-7-15(17)11-14/h5-7,11-13,16,18H,4,8-10H2,1-3H3. The van der Waals surface area contributed by atoms with E-state index in [-0.39, 0.29) is 0 Å². The molecule has 1 saturated heterocycles. The van der Waals surface area contributed by atoms with Gasteiger partial charge in [0.05, 0.1) is 0 Å². The molecule has 1 aromatic rings. The van der Waals surface area contributed by atoms with Crippen LogP contribution >= 0.6 is 15.9 Å². The molecular weight excluding hydrogens is 300 g/mol. The molecule has 2 rings (SSSR count). The van der Waals surface area contributed by atoms with Crippen LogP contribution in [0.1, 0.15) is 45.2 Å². The third kappa shape index (κ3) is 3.80. The fourth-order valence-electron chi connectivity index (χ4n) is 3.20. The van der Waals surface area contributed by atoms with Crippen molar-refractivity contribution < 1.29 is 0 Å². The normalized spacial score (nSPS) is 26.3. The van der Waals surface area contributed by atoms with Gasteiger partial charge in [0, 0.05) is 29.1 Å². The summed E-state index contributed by atoms with van der Waals surface area (Å²) < 4.78 is 1.17. The van der Waals surface area contributed by atoms with Gasteiger partial charge in [0.15, 0.2) is 0 Å². The van der Waals surface area contributed by atoms with E-state index in [2.05, 4.69) is 71.2 Å². The Kier molecular flexibility index (Phi) is 5.43. The molecule has 0 saturated carbocycles. The molecule has 0 radical (unpaired) electrons. The van der Waals surface area contributed by atoms with Gasteiger partial charge in [-0.15, -0.1) is 0 Å². The number of nitrogens with one attached hydrogen (secondary N) is 1. The monoisotopic (exact) mass is 324 g/mol. The SMILES string of the molecule is CCNC1CCN(C(C)c2cccc(Br)c2)C(C)C1. The predicted molar refractivity (Wildman–Crippen MR) is 85.4 cm³/mol. The van der Waals surface area contributed by atoms with E-state index in [4.69, 9.17) is 0 Å². The topological polar surface area (TPSA) is 15.3 Å². The van der Waals surface area contributed by atoms with Gasteiger partial charge in [0.2, 0.25) is 0 Å². The van der Waals surface area contributed by atoms with E-state index >= 15 is 0 Å². The predicted octanol–water partition coefficient (Wildman–Crippen LogP) is 3.97. The first-order valence-corrected chi connectivity index (χ1v) is 8.15. The number of halogens is 1. The van der Waals surface area contributed by atoms with E-state index in [1.54, 1.807) is 0 Å². The Hall–Kier alpha value is -0.380. The molecule has 1 N–H and O–H groups in total. The average Bonchev–Trinajstić information content (AvgIpc) is 2.38. The first-order chi connectivity index (χ1) is 9.11. The highest BCUT2D eigenvalue weighted by Crippen LogP contribution is 2.29. The highest BCUT2D eigenvalue weighted by molar-refractivity contribution is 9.10. The lowest BCUT2D eigenvalue weighted by molar-refractivity contribution is 0.0960. The molecule has 1 aliphatic heterocycles. The van der Waals surface area contributed by atoms with Crippen LogP contribution in [-0.4, -0.2) is 30.1 Å². The molecule has 0 spiro atoms. The molecule has 1 fully saturated rings. The summed E-state index contributed by atoms with van der Waals surface area (Å²) in [5, 5.41) is 3.59. The fraction of sp³-hybridized carbons (Fsp3) is 0.625. The number of hydrogen-bond acceptors (Lipinski definition) is 2. The van der Waals surface area contributed by atoms with Crippen molar-refractivity contribution >= 4 is 15.9 Å². The maximum absolute atomic E-state index is 3.59. The van der Waals surface area contributed by atoms with Crippen LogP contribution in [0.5, 0.6) is 0 Å². The van der Waals surface area contributed by atoms with E-state index in [1.165, 1.54) is 29.4 Å². The van der Waals surface area contributed by atoms with Gasteiger partial charge in [-0.05, 0) is 50.9 Å². The zero-order chi connectivity index (χ0) is 13.8. The van der Waals surface area contributed by atoms with Gasteiger partial charge in [-0.1, -0.05) is 35.0 Å². The Labute approximate surface area is 125 Å². The van der Waals surface area contributed by atoms with Crippen LogP contribution in [-0.2, 0) is 0 Å². The fourth-order valence-corrected chi connectivity index (χ4v) is 3.61. The molecule has 19 heavy (non-hydrogen) atoms.